The molecule has 5 nitrogen and oxygen atoms in total. The Morgan fingerprint density at radius 1 is 1.83 bits per heavy atom. The molecule has 0 fully saturated rings. The van der Waals surface area contributed by atoms with Gasteiger partial charge in [-0.25, -0.2) is 0 Å². The summed E-state index contributed by atoms with van der Waals surface area (Å²) in [5.41, 5.74) is 5.82. The molecular weight excluding hydrogens is 182 g/mol. The predicted octanol–water partition coefficient (Wildman–Crippen LogP) is -0.0737. The predicted molar refractivity (Wildman–Crippen MR) is 45.0 cm³/mol. The highest BCUT2D eigenvalue weighted by Crippen LogP contribution is 2.07. The second-order valence-corrected chi connectivity index (χ2v) is 2.20. The van der Waals surface area contributed by atoms with Crippen LogP contribution in [-0.4, -0.2) is 20.9 Å². The van der Waals surface area contributed by atoms with Gasteiger partial charge in [-0.05, 0) is 6.07 Å². The van der Waals surface area contributed by atoms with Crippen LogP contribution < -0.4 is 5.73 Å². The van der Waals surface area contributed by atoms with Crippen molar-refractivity contribution in [2.45, 2.75) is 6.04 Å². The summed E-state index contributed by atoms with van der Waals surface area (Å²) in [5.74, 6) is -1.05. The van der Waals surface area contributed by atoms with E-state index in [0.29, 0.717) is 5.69 Å². The molecule has 0 aliphatic rings. The second-order valence-electron chi connectivity index (χ2n) is 2.20. The van der Waals surface area contributed by atoms with Gasteiger partial charge in [0.15, 0.2) is 0 Å². The molecule has 1 aromatic heterocycles. The van der Waals surface area contributed by atoms with Crippen LogP contribution >= 0.6 is 12.4 Å². The van der Waals surface area contributed by atoms with Gasteiger partial charge in [-0.15, -0.1) is 12.4 Å². The third-order valence-corrected chi connectivity index (χ3v) is 1.44. The molecule has 12 heavy (non-hydrogen) atoms. The summed E-state index contributed by atoms with van der Waals surface area (Å²) >= 11 is 0. The molecule has 0 amide bonds. The van der Waals surface area contributed by atoms with Crippen molar-refractivity contribution < 1.29 is 9.90 Å². The van der Waals surface area contributed by atoms with E-state index in [1.807, 2.05) is 0 Å². The highest BCUT2D eigenvalue weighted by molar-refractivity contribution is 5.85. The largest absolute Gasteiger partial charge is 0.480 e. The minimum atomic E-state index is -1.05. The Balaban J connectivity index is 0.00000121. The van der Waals surface area contributed by atoms with E-state index in [2.05, 4.69) is 5.10 Å². The van der Waals surface area contributed by atoms with E-state index in [9.17, 15) is 4.79 Å². The normalized spacial score (nSPS) is 11.8. The van der Waals surface area contributed by atoms with Gasteiger partial charge < -0.3 is 10.8 Å². The molecule has 1 rings (SSSR count). The summed E-state index contributed by atoms with van der Waals surface area (Å²) in [5, 5.41) is 12.3. The molecule has 68 valence electrons. The highest BCUT2D eigenvalue weighted by Gasteiger charge is 2.16. The van der Waals surface area contributed by atoms with Crippen molar-refractivity contribution in [2.24, 2.45) is 12.8 Å². The molecule has 1 unspecified atom stereocenters. The molecular formula is C6H10ClN3O2. The van der Waals surface area contributed by atoms with E-state index in [4.69, 9.17) is 10.8 Å². The summed E-state index contributed by atoms with van der Waals surface area (Å²) in [4.78, 5) is 10.4. The van der Waals surface area contributed by atoms with E-state index in [-0.39, 0.29) is 12.4 Å². The maximum atomic E-state index is 10.4. The minimum Gasteiger partial charge on any atom is -0.480 e. The number of halogens is 1. The Morgan fingerprint density at radius 2 is 2.42 bits per heavy atom. The van der Waals surface area contributed by atoms with Crippen molar-refractivity contribution in [1.82, 2.24) is 9.78 Å². The molecule has 3 N–H and O–H groups in total. The topological polar surface area (TPSA) is 81.1 Å². The third-order valence-electron chi connectivity index (χ3n) is 1.44. The SMILES string of the molecule is Cl.Cn1nccc1C(N)C(=O)O. The van der Waals surface area contributed by atoms with Gasteiger partial charge in [0, 0.05) is 13.2 Å². The van der Waals surface area contributed by atoms with Gasteiger partial charge in [0.1, 0.15) is 6.04 Å². The molecule has 0 bridgehead atoms. The second kappa shape index (κ2) is 4.08. The number of aromatic nitrogens is 2. The number of nitrogens with zero attached hydrogens (tertiary/aromatic N) is 2. The van der Waals surface area contributed by atoms with Gasteiger partial charge in [0.2, 0.25) is 0 Å². The number of aryl methyl sites for hydroxylation is 1. The molecule has 1 atom stereocenters. The van der Waals surface area contributed by atoms with Crippen LogP contribution in [0.15, 0.2) is 12.3 Å². The van der Waals surface area contributed by atoms with E-state index < -0.39 is 12.0 Å². The number of carbonyl (C=O) groups is 1. The number of nitrogens with two attached hydrogens (primary N) is 1. The number of hydrogen-bond acceptors (Lipinski definition) is 3. The lowest BCUT2D eigenvalue weighted by atomic mass is 10.2. The Kier molecular flexibility index (Phi) is 3.72. The summed E-state index contributed by atoms with van der Waals surface area (Å²) < 4.78 is 1.44. The zero-order valence-electron chi connectivity index (χ0n) is 6.47. The number of carboxylic acid groups (broad SMARTS) is 1. The quantitative estimate of drug-likeness (QED) is 0.686. The first kappa shape index (κ1) is 10.9. The monoisotopic (exact) mass is 191 g/mol. The fourth-order valence-corrected chi connectivity index (χ4v) is 0.816. The van der Waals surface area contributed by atoms with Crippen LogP contribution in [0.25, 0.3) is 0 Å². The van der Waals surface area contributed by atoms with Crippen molar-refractivity contribution in [3.63, 3.8) is 0 Å². The van der Waals surface area contributed by atoms with Gasteiger partial charge in [-0.3, -0.25) is 9.48 Å². The lowest BCUT2D eigenvalue weighted by Gasteiger charge is -2.05. The highest BCUT2D eigenvalue weighted by atomic mass is 35.5. The molecule has 6 heteroatoms. The molecule has 0 aromatic carbocycles. The zero-order valence-corrected chi connectivity index (χ0v) is 7.28. The lowest BCUT2D eigenvalue weighted by Crippen LogP contribution is -2.23. The van der Waals surface area contributed by atoms with Crippen LogP contribution in [0.5, 0.6) is 0 Å². The Bertz CT molecular complexity index is 274. The molecule has 0 aliphatic carbocycles. The zero-order chi connectivity index (χ0) is 8.43. The third kappa shape index (κ3) is 1.96. The van der Waals surface area contributed by atoms with Crippen molar-refractivity contribution in [3.05, 3.63) is 18.0 Å². The summed E-state index contributed by atoms with van der Waals surface area (Å²) in [6.45, 7) is 0. The molecule has 0 aliphatic heterocycles. The summed E-state index contributed by atoms with van der Waals surface area (Å²) in [7, 11) is 1.65. The first-order chi connectivity index (χ1) is 5.13. The van der Waals surface area contributed by atoms with Crippen molar-refractivity contribution in [3.8, 4) is 0 Å². The van der Waals surface area contributed by atoms with Crippen LogP contribution in [0.1, 0.15) is 11.7 Å². The lowest BCUT2D eigenvalue weighted by molar-refractivity contribution is -0.138. The molecule has 0 saturated carbocycles. The van der Waals surface area contributed by atoms with E-state index in [1.165, 1.54) is 10.9 Å². The number of hydrogen-bond donors (Lipinski definition) is 2. The maximum absolute atomic E-state index is 10.4. The fraction of sp³-hybridized carbons (Fsp3) is 0.333. The van der Waals surface area contributed by atoms with Crippen molar-refractivity contribution in [1.29, 1.82) is 0 Å². The van der Waals surface area contributed by atoms with E-state index in [1.54, 1.807) is 13.1 Å². The first-order valence-corrected chi connectivity index (χ1v) is 3.09. The average molecular weight is 192 g/mol. The molecule has 0 spiro atoms. The maximum Gasteiger partial charge on any atom is 0.326 e. The van der Waals surface area contributed by atoms with Gasteiger partial charge in [-0.1, -0.05) is 0 Å². The molecule has 0 radical (unpaired) electrons. The van der Waals surface area contributed by atoms with Crippen molar-refractivity contribution in [2.75, 3.05) is 0 Å². The van der Waals surface area contributed by atoms with Crippen LogP contribution in [0.4, 0.5) is 0 Å². The Labute approximate surface area is 75.6 Å². The van der Waals surface area contributed by atoms with Gasteiger partial charge in [-0.2, -0.15) is 5.10 Å². The molecule has 1 heterocycles. The van der Waals surface area contributed by atoms with Crippen molar-refractivity contribution >= 4 is 18.4 Å². The van der Waals surface area contributed by atoms with Crippen LogP contribution in [0, 0.1) is 0 Å². The number of rotatable bonds is 2. The van der Waals surface area contributed by atoms with Crippen LogP contribution in [0.2, 0.25) is 0 Å². The van der Waals surface area contributed by atoms with Gasteiger partial charge >= 0.3 is 5.97 Å². The number of aliphatic carboxylic acids is 1. The molecule has 1 aromatic rings. The fourth-order valence-electron chi connectivity index (χ4n) is 0.816. The summed E-state index contributed by atoms with van der Waals surface area (Å²) in [6, 6.07) is 0.598. The van der Waals surface area contributed by atoms with Crippen LogP contribution in [-0.2, 0) is 11.8 Å². The summed E-state index contributed by atoms with van der Waals surface area (Å²) in [6.07, 6.45) is 1.51. The molecule has 0 saturated heterocycles. The first-order valence-electron chi connectivity index (χ1n) is 3.09. The van der Waals surface area contributed by atoms with Gasteiger partial charge in [0.25, 0.3) is 0 Å². The Hall–Kier alpha value is -1.07. The average Bonchev–Trinajstić information content (AvgIpc) is 2.33. The van der Waals surface area contributed by atoms with Gasteiger partial charge in [0.05, 0.1) is 5.69 Å². The van der Waals surface area contributed by atoms with E-state index >= 15 is 0 Å². The minimum absolute atomic E-state index is 0. The van der Waals surface area contributed by atoms with E-state index in [0.717, 1.165) is 0 Å². The van der Waals surface area contributed by atoms with Crippen LogP contribution in [0.3, 0.4) is 0 Å². The smallest absolute Gasteiger partial charge is 0.326 e. The standard InChI is InChI=1S/C6H9N3O2.ClH/c1-9-4(2-3-8-9)5(7)6(10)11;/h2-3,5H,7H2,1H3,(H,10,11);1H. The Morgan fingerprint density at radius 3 is 2.75 bits per heavy atom. The number of carboxylic acids is 1.